The Kier molecular flexibility index (Phi) is 3.93. The molecule has 1 fully saturated rings. The first kappa shape index (κ1) is 15.4. The monoisotopic (exact) mass is 333 g/mol. The van der Waals surface area contributed by atoms with Crippen LogP contribution in [0.3, 0.4) is 0 Å². The molecule has 0 spiro atoms. The average molecular weight is 333 g/mol. The first-order chi connectivity index (χ1) is 12.2. The largest absolute Gasteiger partial charge is 0.349 e. The second kappa shape index (κ2) is 6.39. The van der Waals surface area contributed by atoms with Gasteiger partial charge in [0.1, 0.15) is 0 Å². The molecule has 1 heterocycles. The number of rotatable bonds is 5. The van der Waals surface area contributed by atoms with E-state index < -0.39 is 0 Å². The van der Waals surface area contributed by atoms with Gasteiger partial charge in [-0.2, -0.15) is 0 Å². The van der Waals surface area contributed by atoms with E-state index in [2.05, 4.69) is 25.8 Å². The molecule has 1 aliphatic rings. The summed E-state index contributed by atoms with van der Waals surface area (Å²) >= 11 is 0. The highest BCUT2D eigenvalue weighted by Crippen LogP contribution is 2.23. The van der Waals surface area contributed by atoms with Crippen LogP contribution in [0.5, 0.6) is 0 Å². The Morgan fingerprint density at radius 3 is 2.68 bits per heavy atom. The van der Waals surface area contributed by atoms with Gasteiger partial charge in [0.25, 0.3) is 5.91 Å². The Balaban J connectivity index is 1.54. The van der Waals surface area contributed by atoms with E-state index in [9.17, 15) is 4.79 Å². The lowest BCUT2D eigenvalue weighted by Crippen LogP contribution is -2.25. The zero-order valence-electron chi connectivity index (χ0n) is 13.9. The third-order valence-electron chi connectivity index (χ3n) is 4.20. The molecule has 0 atom stereocenters. The van der Waals surface area contributed by atoms with E-state index in [0.717, 1.165) is 29.7 Å². The van der Waals surface area contributed by atoms with Crippen molar-refractivity contribution in [3.8, 4) is 11.4 Å². The molecule has 3 aromatic rings. The van der Waals surface area contributed by atoms with E-state index in [0.29, 0.717) is 23.4 Å². The van der Waals surface area contributed by atoms with Crippen LogP contribution in [0.15, 0.2) is 48.5 Å². The number of anilines is 2. The van der Waals surface area contributed by atoms with Crippen molar-refractivity contribution in [3.63, 3.8) is 0 Å². The van der Waals surface area contributed by atoms with Gasteiger partial charge in [0.2, 0.25) is 5.95 Å². The molecule has 25 heavy (non-hydrogen) atoms. The molecule has 0 unspecified atom stereocenters. The Bertz CT molecular complexity index is 899. The molecule has 0 saturated heterocycles. The van der Waals surface area contributed by atoms with Gasteiger partial charge < -0.3 is 15.6 Å². The van der Waals surface area contributed by atoms with E-state index in [1.807, 2.05) is 55.5 Å². The molecule has 0 bridgehead atoms. The predicted molar refractivity (Wildman–Crippen MR) is 96.8 cm³/mol. The number of carbonyl (C=O) groups excluding carboxylic acids is 1. The van der Waals surface area contributed by atoms with Crippen molar-refractivity contribution in [1.82, 2.24) is 20.5 Å². The minimum atomic E-state index is -0.0342. The number of hydrogen-bond donors (Lipinski definition) is 3. The molecule has 2 aromatic carbocycles. The van der Waals surface area contributed by atoms with Gasteiger partial charge in [0.05, 0.1) is 0 Å². The van der Waals surface area contributed by atoms with Crippen LogP contribution in [-0.4, -0.2) is 27.1 Å². The van der Waals surface area contributed by atoms with Gasteiger partial charge in [-0.1, -0.05) is 36.4 Å². The minimum absolute atomic E-state index is 0.0342. The number of benzene rings is 2. The lowest BCUT2D eigenvalue weighted by molar-refractivity contribution is 0.0951. The smallest absolute Gasteiger partial charge is 0.251 e. The lowest BCUT2D eigenvalue weighted by Gasteiger charge is -2.09. The van der Waals surface area contributed by atoms with Gasteiger partial charge in [0.15, 0.2) is 5.82 Å². The first-order valence-electron chi connectivity index (χ1n) is 8.36. The minimum Gasteiger partial charge on any atom is -0.349 e. The number of aryl methyl sites for hydroxylation is 1. The lowest BCUT2D eigenvalue weighted by atomic mass is 10.1. The van der Waals surface area contributed by atoms with Crippen LogP contribution in [0.25, 0.3) is 11.4 Å². The fourth-order valence-corrected chi connectivity index (χ4v) is 2.57. The van der Waals surface area contributed by atoms with Gasteiger partial charge in [-0.25, -0.2) is 0 Å². The summed E-state index contributed by atoms with van der Waals surface area (Å²) in [6.45, 7) is 1.99. The highest BCUT2D eigenvalue weighted by Gasteiger charge is 2.24. The number of amides is 1. The van der Waals surface area contributed by atoms with Crippen molar-refractivity contribution in [2.75, 3.05) is 5.32 Å². The van der Waals surface area contributed by atoms with Gasteiger partial charge in [0, 0.05) is 22.9 Å². The topological polar surface area (TPSA) is 82.7 Å². The molecular formula is C19H19N5O. The van der Waals surface area contributed by atoms with Crippen molar-refractivity contribution in [1.29, 1.82) is 0 Å². The van der Waals surface area contributed by atoms with Gasteiger partial charge >= 0.3 is 0 Å². The maximum atomic E-state index is 12.2. The fraction of sp³-hybridized carbons (Fsp3) is 0.211. The summed E-state index contributed by atoms with van der Waals surface area (Å²) in [5, 5.41) is 14.5. The van der Waals surface area contributed by atoms with Crippen molar-refractivity contribution < 1.29 is 4.79 Å². The number of nitrogens with one attached hydrogen (secondary N) is 3. The summed E-state index contributed by atoms with van der Waals surface area (Å²) in [6, 6.07) is 15.8. The number of hydrogen-bond acceptors (Lipinski definition) is 4. The van der Waals surface area contributed by atoms with Crippen LogP contribution in [0.4, 0.5) is 11.6 Å². The Hall–Kier alpha value is -3.15. The zero-order valence-corrected chi connectivity index (χ0v) is 13.9. The van der Waals surface area contributed by atoms with Crippen LogP contribution < -0.4 is 10.6 Å². The third kappa shape index (κ3) is 3.52. The van der Waals surface area contributed by atoms with E-state index >= 15 is 0 Å². The molecule has 1 aromatic heterocycles. The molecule has 0 radical (unpaired) electrons. The van der Waals surface area contributed by atoms with Gasteiger partial charge in [-0.05, 0) is 37.5 Å². The maximum absolute atomic E-state index is 12.2. The van der Waals surface area contributed by atoms with E-state index in [1.54, 1.807) is 0 Å². The Morgan fingerprint density at radius 1 is 1.12 bits per heavy atom. The molecule has 4 rings (SSSR count). The second-order valence-corrected chi connectivity index (χ2v) is 6.29. The standard InChI is InChI=1S/C19H19N5O/c1-12-7-8-14(18(25)20-15-9-10-15)11-16(12)21-19-22-17(23-24-19)13-5-3-2-4-6-13/h2-8,11,15H,9-10H2,1H3,(H,20,25)(H2,21,22,23,24). The van der Waals surface area contributed by atoms with Crippen LogP contribution in [0.2, 0.25) is 0 Å². The van der Waals surface area contributed by atoms with Crippen molar-refractivity contribution in [2.45, 2.75) is 25.8 Å². The summed E-state index contributed by atoms with van der Waals surface area (Å²) in [4.78, 5) is 15.4. The van der Waals surface area contributed by atoms with Gasteiger partial charge in [-0.15, -0.1) is 10.2 Å². The number of aromatic amines is 1. The van der Waals surface area contributed by atoms with E-state index in [4.69, 9.17) is 0 Å². The van der Waals surface area contributed by atoms with Crippen molar-refractivity contribution >= 4 is 17.5 Å². The van der Waals surface area contributed by atoms with Crippen LogP contribution in [0.1, 0.15) is 28.8 Å². The molecule has 3 N–H and O–H groups in total. The summed E-state index contributed by atoms with van der Waals surface area (Å²) in [5.74, 6) is 1.21. The number of aromatic nitrogens is 3. The number of nitrogens with zero attached hydrogens (tertiary/aromatic N) is 2. The Morgan fingerprint density at radius 2 is 1.92 bits per heavy atom. The highest BCUT2D eigenvalue weighted by molar-refractivity contribution is 5.95. The van der Waals surface area contributed by atoms with Crippen LogP contribution >= 0.6 is 0 Å². The number of H-pyrrole nitrogens is 1. The SMILES string of the molecule is Cc1ccc(C(=O)NC2CC2)cc1Nc1nnc(-c2ccccc2)[nH]1. The van der Waals surface area contributed by atoms with Crippen molar-refractivity contribution in [3.05, 3.63) is 59.7 Å². The predicted octanol–water partition coefficient (Wildman–Crippen LogP) is 3.42. The van der Waals surface area contributed by atoms with Gasteiger partial charge in [-0.3, -0.25) is 4.79 Å². The fourth-order valence-electron chi connectivity index (χ4n) is 2.57. The third-order valence-corrected chi connectivity index (χ3v) is 4.20. The molecule has 1 saturated carbocycles. The molecule has 6 heteroatoms. The normalized spacial score (nSPS) is 13.5. The maximum Gasteiger partial charge on any atom is 0.251 e. The quantitative estimate of drug-likeness (QED) is 0.668. The van der Waals surface area contributed by atoms with Crippen molar-refractivity contribution in [2.24, 2.45) is 0 Å². The second-order valence-electron chi connectivity index (χ2n) is 6.29. The molecule has 6 nitrogen and oxygen atoms in total. The van der Waals surface area contributed by atoms with Crippen LogP contribution in [0, 0.1) is 6.92 Å². The molecule has 0 aliphatic heterocycles. The summed E-state index contributed by atoms with van der Waals surface area (Å²) in [6.07, 6.45) is 2.14. The van der Waals surface area contributed by atoms with E-state index in [-0.39, 0.29) is 5.91 Å². The van der Waals surface area contributed by atoms with Crippen LogP contribution in [-0.2, 0) is 0 Å². The molecule has 1 aliphatic carbocycles. The molecule has 1 amide bonds. The van der Waals surface area contributed by atoms with E-state index in [1.165, 1.54) is 0 Å². The average Bonchev–Trinajstić information content (AvgIpc) is 3.32. The summed E-state index contributed by atoms with van der Waals surface area (Å²) < 4.78 is 0. The zero-order chi connectivity index (χ0) is 17.2. The Labute approximate surface area is 145 Å². The summed E-state index contributed by atoms with van der Waals surface area (Å²) in [5.41, 5.74) is 3.47. The molecular weight excluding hydrogens is 314 g/mol. The first-order valence-corrected chi connectivity index (χ1v) is 8.36. The molecule has 126 valence electrons. The highest BCUT2D eigenvalue weighted by atomic mass is 16.1. The number of carbonyl (C=O) groups is 1. The summed E-state index contributed by atoms with van der Waals surface area (Å²) in [7, 11) is 0.